The molecule has 0 aliphatic carbocycles. The van der Waals surface area contributed by atoms with Gasteiger partial charge in [0.15, 0.2) is 0 Å². The molecule has 0 saturated heterocycles. The maximum atomic E-state index is 12.0. The summed E-state index contributed by atoms with van der Waals surface area (Å²) >= 11 is 0. The van der Waals surface area contributed by atoms with Crippen molar-refractivity contribution in [3.8, 4) is 0 Å². The van der Waals surface area contributed by atoms with E-state index in [1.807, 2.05) is 0 Å². The van der Waals surface area contributed by atoms with Crippen LogP contribution < -0.4 is 4.72 Å². The van der Waals surface area contributed by atoms with Crippen LogP contribution in [0.3, 0.4) is 0 Å². The first-order valence-corrected chi connectivity index (χ1v) is 8.96. The molecule has 0 radical (unpaired) electrons. The van der Waals surface area contributed by atoms with Crippen LogP contribution in [0.15, 0.2) is 29.2 Å². The van der Waals surface area contributed by atoms with E-state index in [-0.39, 0.29) is 11.4 Å². The van der Waals surface area contributed by atoms with Gasteiger partial charge in [-0.3, -0.25) is 4.21 Å². The third-order valence-electron chi connectivity index (χ3n) is 2.59. The van der Waals surface area contributed by atoms with E-state index in [9.17, 15) is 17.7 Å². The third kappa shape index (κ3) is 5.02. The first kappa shape index (κ1) is 16.3. The number of rotatable bonds is 7. The molecule has 0 aliphatic rings. The van der Waals surface area contributed by atoms with E-state index in [4.69, 9.17) is 0 Å². The predicted molar refractivity (Wildman–Crippen MR) is 75.8 cm³/mol. The summed E-state index contributed by atoms with van der Waals surface area (Å²) in [5, 5.41) is 9.44. The van der Waals surface area contributed by atoms with Gasteiger partial charge in [0.2, 0.25) is 10.0 Å². The Morgan fingerprint density at radius 3 is 2.68 bits per heavy atom. The summed E-state index contributed by atoms with van der Waals surface area (Å²) in [6.07, 6.45) is -0.720. The van der Waals surface area contributed by atoms with Crippen LogP contribution in [-0.2, 0) is 20.8 Å². The van der Waals surface area contributed by atoms with E-state index >= 15 is 0 Å². The maximum absolute atomic E-state index is 12.0. The fourth-order valence-corrected chi connectivity index (χ4v) is 3.29. The number of hydrogen-bond donors (Lipinski definition) is 2. The van der Waals surface area contributed by atoms with Gasteiger partial charge < -0.3 is 5.11 Å². The van der Waals surface area contributed by atoms with Crippen molar-refractivity contribution in [1.29, 1.82) is 0 Å². The fourth-order valence-electron chi connectivity index (χ4n) is 1.46. The molecule has 0 aromatic heterocycles. The van der Waals surface area contributed by atoms with Crippen molar-refractivity contribution in [2.75, 3.05) is 18.1 Å². The lowest BCUT2D eigenvalue weighted by molar-refractivity contribution is 0.199. The lowest BCUT2D eigenvalue weighted by Gasteiger charge is -2.09. The lowest BCUT2D eigenvalue weighted by Crippen LogP contribution is -2.28. The Labute approximate surface area is 116 Å². The zero-order chi connectivity index (χ0) is 14.5. The van der Waals surface area contributed by atoms with Crippen molar-refractivity contribution in [3.05, 3.63) is 29.8 Å². The quantitative estimate of drug-likeness (QED) is 0.780. The first-order chi connectivity index (χ1) is 8.86. The molecule has 1 aromatic carbocycles. The molecule has 0 fully saturated rings. The van der Waals surface area contributed by atoms with Crippen LogP contribution in [0.2, 0.25) is 0 Å². The molecule has 0 amide bonds. The summed E-state index contributed by atoms with van der Waals surface area (Å²) in [5.41, 5.74) is 0.542. The average molecular weight is 305 g/mol. The molecule has 0 saturated carbocycles. The van der Waals surface area contributed by atoms with Gasteiger partial charge in [0.1, 0.15) is 0 Å². The van der Waals surface area contributed by atoms with Crippen molar-refractivity contribution < 1.29 is 17.7 Å². The molecule has 0 aliphatic heterocycles. The average Bonchev–Trinajstić information content (AvgIpc) is 2.38. The number of nitrogens with one attached hydrogen (secondary N) is 1. The van der Waals surface area contributed by atoms with Crippen LogP contribution >= 0.6 is 0 Å². The van der Waals surface area contributed by atoms with Crippen molar-refractivity contribution in [1.82, 2.24) is 4.72 Å². The monoisotopic (exact) mass is 305 g/mol. The molecule has 7 heteroatoms. The van der Waals surface area contributed by atoms with Crippen LogP contribution in [-0.4, -0.2) is 35.8 Å². The highest BCUT2D eigenvalue weighted by atomic mass is 32.2. The minimum atomic E-state index is -3.62. The Kier molecular flexibility index (Phi) is 6.12. The lowest BCUT2D eigenvalue weighted by atomic mass is 10.1. The van der Waals surface area contributed by atoms with E-state index in [0.29, 0.717) is 17.1 Å². The summed E-state index contributed by atoms with van der Waals surface area (Å²) in [6, 6.07) is 6.14. The van der Waals surface area contributed by atoms with Crippen molar-refractivity contribution in [3.63, 3.8) is 0 Å². The molecule has 19 heavy (non-hydrogen) atoms. The topological polar surface area (TPSA) is 83.5 Å². The Morgan fingerprint density at radius 2 is 2.11 bits per heavy atom. The molecule has 108 valence electrons. The highest BCUT2D eigenvalue weighted by Crippen LogP contribution is 2.16. The maximum Gasteiger partial charge on any atom is 0.240 e. The van der Waals surface area contributed by atoms with E-state index in [2.05, 4.69) is 4.72 Å². The van der Waals surface area contributed by atoms with Crippen molar-refractivity contribution in [2.24, 2.45) is 0 Å². The molecular weight excluding hydrogens is 286 g/mol. The zero-order valence-corrected chi connectivity index (χ0v) is 12.6. The van der Waals surface area contributed by atoms with Crippen LogP contribution in [0, 0.1) is 0 Å². The van der Waals surface area contributed by atoms with Gasteiger partial charge in [-0.25, -0.2) is 13.1 Å². The van der Waals surface area contributed by atoms with Gasteiger partial charge in [-0.1, -0.05) is 19.1 Å². The third-order valence-corrected chi connectivity index (χ3v) is 5.36. The molecule has 2 atom stereocenters. The summed E-state index contributed by atoms with van der Waals surface area (Å²) in [7, 11) is -4.61. The SMILES string of the molecule is CCS(=O)CCNS(=O)(=O)c1cccc(C(C)O)c1. The van der Waals surface area contributed by atoms with Gasteiger partial charge in [0.05, 0.1) is 11.0 Å². The number of aliphatic hydroxyl groups excluding tert-OH is 1. The molecule has 1 rings (SSSR count). The summed E-state index contributed by atoms with van der Waals surface area (Å²) in [5.74, 6) is 0.811. The molecule has 5 nitrogen and oxygen atoms in total. The van der Waals surface area contributed by atoms with Crippen LogP contribution in [0.4, 0.5) is 0 Å². The molecule has 0 spiro atoms. The fraction of sp³-hybridized carbons (Fsp3) is 0.500. The second kappa shape index (κ2) is 7.14. The molecular formula is C12H19NO4S2. The van der Waals surface area contributed by atoms with E-state index in [1.165, 1.54) is 12.1 Å². The van der Waals surface area contributed by atoms with Crippen LogP contribution in [0.25, 0.3) is 0 Å². The predicted octanol–water partition coefficient (Wildman–Crippen LogP) is 0.787. The van der Waals surface area contributed by atoms with E-state index in [1.54, 1.807) is 26.0 Å². The van der Waals surface area contributed by atoms with Gasteiger partial charge in [-0.15, -0.1) is 0 Å². The first-order valence-electron chi connectivity index (χ1n) is 5.99. The van der Waals surface area contributed by atoms with Gasteiger partial charge >= 0.3 is 0 Å². The van der Waals surface area contributed by atoms with Gasteiger partial charge in [0, 0.05) is 28.9 Å². The van der Waals surface area contributed by atoms with Gasteiger partial charge in [-0.2, -0.15) is 0 Å². The zero-order valence-electron chi connectivity index (χ0n) is 11.0. The second-order valence-electron chi connectivity index (χ2n) is 4.08. The van der Waals surface area contributed by atoms with Crippen LogP contribution in [0.5, 0.6) is 0 Å². The van der Waals surface area contributed by atoms with Crippen molar-refractivity contribution in [2.45, 2.75) is 24.8 Å². The number of aliphatic hydroxyl groups is 1. The highest BCUT2D eigenvalue weighted by Gasteiger charge is 2.15. The van der Waals surface area contributed by atoms with Crippen molar-refractivity contribution >= 4 is 20.8 Å². The number of sulfonamides is 1. The Morgan fingerprint density at radius 1 is 1.42 bits per heavy atom. The summed E-state index contributed by atoms with van der Waals surface area (Å²) in [6.45, 7) is 3.50. The van der Waals surface area contributed by atoms with E-state index < -0.39 is 26.9 Å². The molecule has 1 aromatic rings. The standard InChI is InChI=1S/C12H19NO4S2/c1-3-18(15)8-7-13-19(16,17)12-6-4-5-11(9-12)10(2)14/h4-6,9-10,13-14H,3,7-8H2,1-2H3. The van der Waals surface area contributed by atoms with Gasteiger partial charge in [-0.05, 0) is 24.6 Å². The molecule has 0 heterocycles. The van der Waals surface area contributed by atoms with Gasteiger partial charge in [0.25, 0.3) is 0 Å². The van der Waals surface area contributed by atoms with Crippen LogP contribution in [0.1, 0.15) is 25.5 Å². The number of hydrogen-bond acceptors (Lipinski definition) is 4. The summed E-state index contributed by atoms with van der Waals surface area (Å²) < 4.78 is 37.6. The Bertz CT molecular complexity index is 540. The molecule has 2 N–H and O–H groups in total. The number of benzene rings is 1. The minimum Gasteiger partial charge on any atom is -0.389 e. The Hall–Kier alpha value is -0.760. The largest absolute Gasteiger partial charge is 0.389 e. The molecule has 2 unspecified atom stereocenters. The molecule has 0 bridgehead atoms. The normalized spacial score (nSPS) is 15.1. The summed E-state index contributed by atoms with van der Waals surface area (Å²) in [4.78, 5) is 0.105. The van der Waals surface area contributed by atoms with E-state index in [0.717, 1.165) is 0 Å². The Balaban J connectivity index is 2.77. The smallest absolute Gasteiger partial charge is 0.240 e. The minimum absolute atomic E-state index is 0.105. The highest BCUT2D eigenvalue weighted by molar-refractivity contribution is 7.89. The second-order valence-corrected chi connectivity index (χ2v) is 7.71.